The second-order valence-electron chi connectivity index (χ2n) is 7.15. The highest BCUT2D eigenvalue weighted by atomic mass is 16.3. The van der Waals surface area contributed by atoms with E-state index in [1.54, 1.807) is 0 Å². The van der Waals surface area contributed by atoms with Crippen molar-refractivity contribution in [1.82, 2.24) is 0 Å². The smallest absolute Gasteiger partial charge is 0.178 e. The molecule has 0 aliphatic heterocycles. The highest BCUT2D eigenvalue weighted by Crippen LogP contribution is 2.14. The highest BCUT2D eigenvalue weighted by molar-refractivity contribution is 4.64. The third-order valence-corrected chi connectivity index (χ3v) is 4.81. The van der Waals surface area contributed by atoms with E-state index >= 15 is 0 Å². The van der Waals surface area contributed by atoms with Crippen LogP contribution in [0.3, 0.4) is 0 Å². The van der Waals surface area contributed by atoms with Crippen molar-refractivity contribution in [3.63, 3.8) is 0 Å². The maximum absolute atomic E-state index is 9.64. The first-order chi connectivity index (χ1) is 11.2. The molecule has 0 aromatic carbocycles. The molecule has 0 amide bonds. The number of nitrogens with two attached hydrogens (primary N) is 1. The molecule has 0 spiro atoms. The fourth-order valence-corrected chi connectivity index (χ4v) is 3.06. The van der Waals surface area contributed by atoms with E-state index in [9.17, 15) is 5.11 Å². The second-order valence-corrected chi connectivity index (χ2v) is 7.15. The van der Waals surface area contributed by atoms with E-state index < -0.39 is 12.1 Å². The zero-order chi connectivity index (χ0) is 17.2. The first-order valence-electron chi connectivity index (χ1n) is 10.3. The summed E-state index contributed by atoms with van der Waals surface area (Å²) >= 11 is 0. The van der Waals surface area contributed by atoms with Crippen LogP contribution in [0.4, 0.5) is 0 Å². The van der Waals surface area contributed by atoms with Crippen molar-refractivity contribution in [1.29, 1.82) is 0 Å². The molecule has 3 nitrogen and oxygen atoms in total. The zero-order valence-corrected chi connectivity index (χ0v) is 15.6. The molecule has 0 saturated heterocycles. The molecule has 139 valence electrons. The maximum atomic E-state index is 9.64. The van der Waals surface area contributed by atoms with E-state index in [-0.39, 0.29) is 6.61 Å². The zero-order valence-electron chi connectivity index (χ0n) is 15.6. The van der Waals surface area contributed by atoms with Crippen LogP contribution in [-0.2, 0) is 0 Å². The van der Waals surface area contributed by atoms with Gasteiger partial charge in [0, 0.05) is 0 Å². The molecule has 0 rings (SSSR count). The third-order valence-electron chi connectivity index (χ3n) is 4.81. The molecular weight excluding hydrogens is 286 g/mol. The lowest BCUT2D eigenvalue weighted by atomic mass is 10.0. The number of aliphatic hydroxyl groups is 2. The minimum Gasteiger partial charge on any atom is -0.390 e. The van der Waals surface area contributed by atoms with E-state index in [2.05, 4.69) is 6.92 Å². The first-order valence-corrected chi connectivity index (χ1v) is 10.3. The molecular formula is C20H43NO2+. The lowest BCUT2D eigenvalue weighted by molar-refractivity contribution is -0.443. The van der Waals surface area contributed by atoms with Gasteiger partial charge in [-0.1, -0.05) is 103 Å². The van der Waals surface area contributed by atoms with Crippen molar-refractivity contribution in [2.75, 3.05) is 6.61 Å². The topological polar surface area (TPSA) is 65.8 Å². The van der Waals surface area contributed by atoms with Crippen LogP contribution in [0.5, 0.6) is 0 Å². The lowest BCUT2D eigenvalue weighted by Gasteiger charge is -2.11. The van der Waals surface area contributed by atoms with Gasteiger partial charge in [0.05, 0.1) is 0 Å². The van der Waals surface area contributed by atoms with Gasteiger partial charge in [-0.25, -0.2) is 0 Å². The minimum absolute atomic E-state index is 0.125. The van der Waals surface area contributed by atoms with Crippen LogP contribution < -0.4 is 5.73 Å². The standard InChI is InChI=1S/C20H43NO2/c1-2-3-4-5-6-7-8-9-10-11-12-13-14-15-16-17-20(23)19(21)18-22/h19-20,22-23H,2-18,21H2,1H3/q+1. The van der Waals surface area contributed by atoms with Crippen LogP contribution in [0.2, 0.25) is 0 Å². The fraction of sp³-hybridized carbons (Fsp3) is 1.00. The van der Waals surface area contributed by atoms with Crippen LogP contribution in [0.25, 0.3) is 0 Å². The van der Waals surface area contributed by atoms with Gasteiger partial charge in [0.2, 0.25) is 0 Å². The highest BCUT2D eigenvalue weighted by Gasteiger charge is 2.18. The summed E-state index contributed by atoms with van der Waals surface area (Å²) < 4.78 is 0. The van der Waals surface area contributed by atoms with Gasteiger partial charge in [0.15, 0.2) is 6.04 Å². The molecule has 0 heterocycles. The number of rotatable bonds is 18. The number of hydrogen-bond acceptors (Lipinski definition) is 3. The number of aliphatic hydroxyl groups excluding tert-OH is 2. The Balaban J connectivity index is 3.08. The van der Waals surface area contributed by atoms with E-state index in [0.29, 0.717) is 0 Å². The molecule has 0 aliphatic carbocycles. The normalized spacial score (nSPS) is 14.1. The minimum atomic E-state index is -0.540. The molecule has 0 bridgehead atoms. The third kappa shape index (κ3) is 16.5. The van der Waals surface area contributed by atoms with Crippen molar-refractivity contribution < 1.29 is 15.9 Å². The van der Waals surface area contributed by atoms with Gasteiger partial charge in [-0.05, 0) is 6.42 Å². The Morgan fingerprint density at radius 3 is 1.35 bits per heavy atom. The van der Waals surface area contributed by atoms with Crippen LogP contribution in [0.15, 0.2) is 0 Å². The lowest BCUT2D eigenvalue weighted by Crippen LogP contribution is -2.68. The SMILES string of the molecule is CCCCCCCCCCCCCCCCCC(O)C([NH2+])CO. The fourth-order valence-electron chi connectivity index (χ4n) is 3.06. The maximum Gasteiger partial charge on any atom is 0.178 e. The van der Waals surface area contributed by atoms with Crippen molar-refractivity contribution in [3.05, 3.63) is 0 Å². The Kier molecular flexibility index (Phi) is 18.1. The molecule has 23 heavy (non-hydrogen) atoms. The molecule has 0 aromatic rings. The van der Waals surface area contributed by atoms with Gasteiger partial charge < -0.3 is 10.2 Å². The van der Waals surface area contributed by atoms with Gasteiger partial charge in [0.1, 0.15) is 12.7 Å². The molecule has 4 N–H and O–H groups in total. The molecule has 2 unspecified atom stereocenters. The van der Waals surface area contributed by atoms with E-state index in [0.717, 1.165) is 12.8 Å². The summed E-state index contributed by atoms with van der Waals surface area (Å²) in [7, 11) is 0. The molecule has 0 saturated carbocycles. The Bertz CT molecular complexity index is 224. The summed E-state index contributed by atoms with van der Waals surface area (Å²) in [6.45, 7) is 2.15. The van der Waals surface area contributed by atoms with Gasteiger partial charge in [-0.15, -0.1) is 0 Å². The average Bonchev–Trinajstić information content (AvgIpc) is 2.57. The van der Waals surface area contributed by atoms with E-state index in [1.165, 1.54) is 89.9 Å². The summed E-state index contributed by atoms with van der Waals surface area (Å²) in [4.78, 5) is 0. The summed E-state index contributed by atoms with van der Waals surface area (Å²) in [5.41, 5.74) is 5.58. The molecule has 1 radical (unpaired) electrons. The van der Waals surface area contributed by atoms with Gasteiger partial charge in [-0.2, -0.15) is 5.73 Å². The van der Waals surface area contributed by atoms with Crippen molar-refractivity contribution in [2.45, 2.75) is 122 Å². The largest absolute Gasteiger partial charge is 0.390 e. The molecule has 3 heteroatoms. The summed E-state index contributed by atoms with van der Waals surface area (Å²) in [5.74, 6) is 0. The molecule has 0 aromatic heterocycles. The molecule has 2 atom stereocenters. The average molecular weight is 330 g/mol. The van der Waals surface area contributed by atoms with Gasteiger partial charge in [-0.3, -0.25) is 0 Å². The van der Waals surface area contributed by atoms with Crippen molar-refractivity contribution in [3.8, 4) is 0 Å². The summed E-state index contributed by atoms with van der Waals surface area (Å²) in [6.07, 6.45) is 20.4. The van der Waals surface area contributed by atoms with E-state index in [1.807, 2.05) is 0 Å². The van der Waals surface area contributed by atoms with Gasteiger partial charge in [0.25, 0.3) is 0 Å². The van der Waals surface area contributed by atoms with Crippen molar-refractivity contribution in [2.24, 2.45) is 0 Å². The Morgan fingerprint density at radius 2 is 1.00 bits per heavy atom. The predicted octanol–water partition coefficient (Wildman–Crippen LogP) is 4.00. The van der Waals surface area contributed by atoms with Crippen molar-refractivity contribution >= 4 is 0 Å². The van der Waals surface area contributed by atoms with Gasteiger partial charge >= 0.3 is 0 Å². The van der Waals surface area contributed by atoms with Crippen LogP contribution in [-0.4, -0.2) is 29.0 Å². The monoisotopic (exact) mass is 329 g/mol. The Labute approximate surface area is 145 Å². The van der Waals surface area contributed by atoms with Crippen LogP contribution in [0, 0.1) is 0 Å². The summed E-state index contributed by atoms with van der Waals surface area (Å²) in [5, 5.41) is 18.5. The number of hydrogen-bond donors (Lipinski definition) is 3. The number of unbranched alkanes of at least 4 members (excludes halogenated alkanes) is 14. The molecule has 0 fully saturated rings. The van der Waals surface area contributed by atoms with E-state index in [4.69, 9.17) is 10.8 Å². The Morgan fingerprint density at radius 1 is 0.652 bits per heavy atom. The predicted molar refractivity (Wildman–Crippen MR) is 98.4 cm³/mol. The Hall–Kier alpha value is -0.120. The second kappa shape index (κ2) is 18.2. The first kappa shape index (κ1) is 22.9. The van der Waals surface area contributed by atoms with Crippen LogP contribution in [0.1, 0.15) is 110 Å². The summed E-state index contributed by atoms with van der Waals surface area (Å²) in [6, 6.07) is -0.471. The quantitative estimate of drug-likeness (QED) is 0.333. The van der Waals surface area contributed by atoms with Crippen LogP contribution >= 0.6 is 0 Å². The molecule has 0 aliphatic rings.